The van der Waals surface area contributed by atoms with Gasteiger partial charge in [0, 0.05) is 19.0 Å². The van der Waals surface area contributed by atoms with Crippen LogP contribution in [-0.4, -0.2) is 38.8 Å². The number of aromatic nitrogens is 1. The van der Waals surface area contributed by atoms with Gasteiger partial charge in [0.15, 0.2) is 0 Å². The Bertz CT molecular complexity index is 430. The van der Waals surface area contributed by atoms with Crippen molar-refractivity contribution in [3.05, 3.63) is 24.0 Å². The molecule has 1 atom stereocenters. The minimum absolute atomic E-state index is 0.115. The zero-order valence-corrected chi connectivity index (χ0v) is 10.0. The quantitative estimate of drug-likeness (QED) is 0.434. The molecule has 8 heteroatoms. The van der Waals surface area contributed by atoms with Crippen LogP contribution in [0.4, 0.5) is 0 Å². The summed E-state index contributed by atoms with van der Waals surface area (Å²) in [6.07, 6.45) is 2.95. The van der Waals surface area contributed by atoms with Gasteiger partial charge in [-0.1, -0.05) is 0 Å². The maximum Gasteiger partial charge on any atom is 0.356 e. The Morgan fingerprint density at radius 2 is 2.53 bits per heavy atom. The monoisotopic (exact) mass is 259 g/mol. The van der Waals surface area contributed by atoms with Gasteiger partial charge in [0.1, 0.15) is 5.69 Å². The summed E-state index contributed by atoms with van der Waals surface area (Å²) in [5.41, 5.74) is 0.299. The molecule has 0 spiro atoms. The first-order valence-corrected chi connectivity index (χ1v) is 5.97. The van der Waals surface area contributed by atoms with E-state index in [0.29, 0.717) is 12.3 Å². The van der Waals surface area contributed by atoms with E-state index in [2.05, 4.69) is 9.82 Å². The Kier molecular flexibility index (Phi) is 5.53. The summed E-state index contributed by atoms with van der Waals surface area (Å²) in [5, 5.41) is 3.92. The summed E-state index contributed by atoms with van der Waals surface area (Å²) < 4.78 is 27.1. The molecule has 1 unspecified atom stereocenters. The van der Waals surface area contributed by atoms with Crippen LogP contribution in [0.2, 0.25) is 0 Å². The molecule has 0 aromatic carbocycles. The number of hydrogen-bond acceptors (Lipinski definition) is 4. The van der Waals surface area contributed by atoms with Gasteiger partial charge in [-0.2, -0.15) is 5.10 Å². The topological polar surface area (TPSA) is 92.9 Å². The molecule has 0 aliphatic carbocycles. The molecule has 1 aromatic heterocycles. The summed E-state index contributed by atoms with van der Waals surface area (Å²) in [5.74, 6) is -0.464. The van der Waals surface area contributed by atoms with Crippen molar-refractivity contribution in [2.24, 2.45) is 5.10 Å². The van der Waals surface area contributed by atoms with Crippen molar-refractivity contribution in [3.8, 4) is 0 Å². The Morgan fingerprint density at radius 1 is 1.76 bits per heavy atom. The lowest BCUT2D eigenvalue weighted by molar-refractivity contribution is 0.0515. The SMILES string of the molecule is CCOC(=O)c1cccn1/N=C\CNS(=O)O. The summed E-state index contributed by atoms with van der Waals surface area (Å²) in [6.45, 7) is 2.12. The third-order valence-electron chi connectivity index (χ3n) is 1.72. The minimum Gasteiger partial charge on any atom is -0.461 e. The van der Waals surface area contributed by atoms with Crippen LogP contribution in [0.25, 0.3) is 0 Å². The lowest BCUT2D eigenvalue weighted by Crippen LogP contribution is -2.18. The standard InChI is InChI=1S/C9H13N3O4S/c1-2-16-9(13)8-4-3-7-12(8)10-5-6-11-17(14)15/h3-5,7,11H,2,6H2,1H3,(H,14,15)/b10-5-. The van der Waals surface area contributed by atoms with E-state index >= 15 is 0 Å². The molecule has 17 heavy (non-hydrogen) atoms. The van der Waals surface area contributed by atoms with Gasteiger partial charge < -0.3 is 4.74 Å². The van der Waals surface area contributed by atoms with Crippen LogP contribution in [-0.2, 0) is 16.0 Å². The zero-order valence-electron chi connectivity index (χ0n) is 9.20. The van der Waals surface area contributed by atoms with E-state index in [1.807, 2.05) is 0 Å². The Morgan fingerprint density at radius 3 is 3.18 bits per heavy atom. The van der Waals surface area contributed by atoms with Crippen molar-refractivity contribution in [2.45, 2.75) is 6.92 Å². The zero-order chi connectivity index (χ0) is 12.7. The van der Waals surface area contributed by atoms with E-state index in [0.717, 1.165) is 0 Å². The van der Waals surface area contributed by atoms with Crippen LogP contribution in [0.1, 0.15) is 17.4 Å². The molecule has 0 aliphatic heterocycles. The molecule has 0 aliphatic rings. The minimum atomic E-state index is -2.07. The fourth-order valence-corrected chi connectivity index (χ4v) is 1.29. The molecule has 0 bridgehead atoms. The summed E-state index contributed by atoms with van der Waals surface area (Å²) >= 11 is -2.07. The molecular formula is C9H13N3O4S. The Balaban J connectivity index is 2.62. The van der Waals surface area contributed by atoms with Crippen molar-refractivity contribution in [2.75, 3.05) is 13.2 Å². The van der Waals surface area contributed by atoms with E-state index in [4.69, 9.17) is 9.29 Å². The number of nitrogens with zero attached hydrogens (tertiary/aromatic N) is 2. The molecule has 0 saturated heterocycles. The molecule has 1 aromatic rings. The predicted octanol–water partition coefficient (Wildman–Crippen LogP) is 0.225. The van der Waals surface area contributed by atoms with E-state index in [1.54, 1.807) is 25.3 Å². The van der Waals surface area contributed by atoms with E-state index in [-0.39, 0.29) is 6.54 Å². The third kappa shape index (κ3) is 4.47. The smallest absolute Gasteiger partial charge is 0.356 e. The summed E-state index contributed by atoms with van der Waals surface area (Å²) in [6, 6.07) is 3.23. The van der Waals surface area contributed by atoms with Crippen molar-refractivity contribution in [1.82, 2.24) is 9.40 Å². The lowest BCUT2D eigenvalue weighted by Gasteiger charge is -2.02. The highest BCUT2D eigenvalue weighted by molar-refractivity contribution is 7.77. The van der Waals surface area contributed by atoms with Gasteiger partial charge in [-0.15, -0.1) is 0 Å². The van der Waals surface area contributed by atoms with Gasteiger partial charge in [0.25, 0.3) is 0 Å². The van der Waals surface area contributed by atoms with Crippen LogP contribution in [0.5, 0.6) is 0 Å². The maximum atomic E-state index is 11.4. The van der Waals surface area contributed by atoms with Crippen LogP contribution in [0.3, 0.4) is 0 Å². The van der Waals surface area contributed by atoms with Crippen molar-refractivity contribution in [3.63, 3.8) is 0 Å². The summed E-state index contributed by atoms with van der Waals surface area (Å²) in [4.78, 5) is 11.4. The average Bonchev–Trinajstić information content (AvgIpc) is 2.72. The first kappa shape index (κ1) is 13.6. The van der Waals surface area contributed by atoms with Gasteiger partial charge >= 0.3 is 5.97 Å². The van der Waals surface area contributed by atoms with E-state index < -0.39 is 17.2 Å². The number of nitrogens with one attached hydrogen (secondary N) is 1. The molecule has 2 N–H and O–H groups in total. The molecule has 1 rings (SSSR count). The van der Waals surface area contributed by atoms with Gasteiger partial charge in [0.05, 0.1) is 6.61 Å². The molecule has 0 radical (unpaired) electrons. The fraction of sp³-hybridized carbons (Fsp3) is 0.333. The van der Waals surface area contributed by atoms with Crippen LogP contribution in [0, 0.1) is 0 Å². The number of carbonyl (C=O) groups is 1. The number of esters is 1. The molecule has 0 amide bonds. The Hall–Kier alpha value is -1.51. The van der Waals surface area contributed by atoms with Gasteiger partial charge in [-0.3, -0.25) is 4.55 Å². The number of ether oxygens (including phenoxy) is 1. The first-order chi connectivity index (χ1) is 8.15. The van der Waals surface area contributed by atoms with Gasteiger partial charge in [-0.05, 0) is 19.1 Å². The first-order valence-electron chi connectivity index (χ1n) is 4.86. The maximum absolute atomic E-state index is 11.4. The largest absolute Gasteiger partial charge is 0.461 e. The van der Waals surface area contributed by atoms with Crippen LogP contribution in [0.15, 0.2) is 23.4 Å². The van der Waals surface area contributed by atoms with Crippen molar-refractivity contribution >= 4 is 23.5 Å². The second-order valence-electron chi connectivity index (χ2n) is 2.85. The second-order valence-corrected chi connectivity index (χ2v) is 3.64. The molecule has 0 fully saturated rings. The second kappa shape index (κ2) is 6.94. The van der Waals surface area contributed by atoms with Crippen LogP contribution >= 0.6 is 0 Å². The highest BCUT2D eigenvalue weighted by Crippen LogP contribution is 2.03. The van der Waals surface area contributed by atoms with E-state index in [1.165, 1.54) is 10.9 Å². The summed E-state index contributed by atoms with van der Waals surface area (Å²) in [7, 11) is 0. The van der Waals surface area contributed by atoms with E-state index in [9.17, 15) is 9.00 Å². The fourth-order valence-electron chi connectivity index (χ4n) is 1.08. The molecule has 7 nitrogen and oxygen atoms in total. The number of rotatable bonds is 6. The highest BCUT2D eigenvalue weighted by atomic mass is 32.2. The molecular weight excluding hydrogens is 246 g/mol. The number of hydrogen-bond donors (Lipinski definition) is 2. The molecule has 0 saturated carbocycles. The predicted molar refractivity (Wildman–Crippen MR) is 63.1 cm³/mol. The number of carbonyl (C=O) groups excluding carboxylic acids is 1. The molecule has 94 valence electrons. The van der Waals surface area contributed by atoms with Gasteiger partial charge in [0.2, 0.25) is 11.3 Å². The average molecular weight is 259 g/mol. The molecule has 1 heterocycles. The van der Waals surface area contributed by atoms with Crippen molar-refractivity contribution < 1.29 is 18.3 Å². The lowest BCUT2D eigenvalue weighted by atomic mass is 10.4. The van der Waals surface area contributed by atoms with Gasteiger partial charge in [-0.25, -0.2) is 18.4 Å². The van der Waals surface area contributed by atoms with Crippen molar-refractivity contribution in [1.29, 1.82) is 0 Å². The highest BCUT2D eigenvalue weighted by Gasteiger charge is 2.10. The Labute approximate surface area is 101 Å². The van der Waals surface area contributed by atoms with Crippen LogP contribution < -0.4 is 4.72 Å². The third-order valence-corrected chi connectivity index (χ3v) is 2.13. The normalized spacial score (nSPS) is 12.8.